The third-order valence-electron chi connectivity index (χ3n) is 10.2. The summed E-state index contributed by atoms with van der Waals surface area (Å²) in [5.41, 5.74) is 0.149. The molecule has 4 saturated carbocycles. The molecule has 1 aromatic rings. The maximum atomic E-state index is 14.2. The third-order valence-corrected chi connectivity index (χ3v) is 10.2. The molecule has 7 heteroatoms. The standard InChI is InChI=1S/C29H45F2N3O2/c1-17-12-24(30)6-7-25(17)22-13-19(16-34-9-10-36-29(34)32)14-23(15-22)28(35)33-27(20-3-4-20)21-5-8-26(31)18(2)11-21/h9-10,17-27,32H,3-8,11-16H2,1-2H3,(H,33,35)/t17?,18?,19?,21?,22?,23?,24?,25?,26?,27-/m0/s1. The van der Waals surface area contributed by atoms with Crippen LogP contribution < -0.4 is 11.0 Å². The van der Waals surface area contributed by atoms with Gasteiger partial charge in [-0.05, 0) is 112 Å². The highest BCUT2D eigenvalue weighted by molar-refractivity contribution is 5.79. The van der Waals surface area contributed by atoms with Gasteiger partial charge in [-0.15, -0.1) is 0 Å². The van der Waals surface area contributed by atoms with Gasteiger partial charge in [-0.1, -0.05) is 13.8 Å². The molecule has 0 saturated heterocycles. The van der Waals surface area contributed by atoms with E-state index in [4.69, 9.17) is 9.83 Å². The molecule has 0 aliphatic heterocycles. The molecule has 5 rings (SSSR count). The van der Waals surface area contributed by atoms with Gasteiger partial charge in [0.1, 0.15) is 18.6 Å². The van der Waals surface area contributed by atoms with Gasteiger partial charge in [-0.2, -0.15) is 0 Å². The average Bonchev–Trinajstić information content (AvgIpc) is 3.61. The number of hydrogen-bond donors (Lipinski definition) is 2. The number of carbonyl (C=O) groups excluding carboxylic acids is 1. The van der Waals surface area contributed by atoms with E-state index in [0.29, 0.717) is 61.3 Å². The van der Waals surface area contributed by atoms with Crippen molar-refractivity contribution >= 4 is 5.91 Å². The Kier molecular flexibility index (Phi) is 7.92. The molecule has 4 aliphatic rings. The van der Waals surface area contributed by atoms with Crippen molar-refractivity contribution in [2.75, 3.05) is 0 Å². The molecule has 0 spiro atoms. The SMILES string of the molecule is CC1CC([C@@H](NC(=O)C2CC(Cn3ccoc3=N)CC(C3CCC(F)CC3C)C2)C2CC2)CCC1F. The number of oxazole rings is 1. The number of amides is 1. The van der Waals surface area contributed by atoms with Crippen LogP contribution in [-0.2, 0) is 11.3 Å². The van der Waals surface area contributed by atoms with E-state index in [1.165, 1.54) is 0 Å². The predicted octanol–water partition coefficient (Wildman–Crippen LogP) is 6.04. The molecule has 1 amide bonds. The van der Waals surface area contributed by atoms with Crippen LogP contribution in [0.2, 0.25) is 0 Å². The van der Waals surface area contributed by atoms with Gasteiger partial charge >= 0.3 is 0 Å². The minimum absolute atomic E-state index is 0.0538. The van der Waals surface area contributed by atoms with Gasteiger partial charge in [0.05, 0.1) is 0 Å². The number of carbonyl (C=O) groups is 1. The van der Waals surface area contributed by atoms with E-state index in [0.717, 1.165) is 51.4 Å². The lowest BCUT2D eigenvalue weighted by Gasteiger charge is -2.43. The van der Waals surface area contributed by atoms with Crippen molar-refractivity contribution in [3.05, 3.63) is 18.1 Å². The van der Waals surface area contributed by atoms with Crippen LogP contribution in [0, 0.1) is 52.8 Å². The maximum absolute atomic E-state index is 14.2. The van der Waals surface area contributed by atoms with Gasteiger partial charge in [0.15, 0.2) is 0 Å². The molecule has 202 valence electrons. The first-order valence-electron chi connectivity index (χ1n) is 14.6. The van der Waals surface area contributed by atoms with Crippen molar-refractivity contribution in [3.63, 3.8) is 0 Å². The molecule has 10 atom stereocenters. The Labute approximate surface area is 214 Å². The summed E-state index contributed by atoms with van der Waals surface area (Å²) in [6.07, 6.45) is 11.5. The summed E-state index contributed by atoms with van der Waals surface area (Å²) in [4.78, 5) is 13.8. The summed E-state index contributed by atoms with van der Waals surface area (Å²) in [6, 6.07) is 0.176. The molecule has 2 N–H and O–H groups in total. The Bertz CT molecular complexity index is 943. The smallest absolute Gasteiger partial charge is 0.293 e. The monoisotopic (exact) mass is 505 g/mol. The van der Waals surface area contributed by atoms with Gasteiger partial charge < -0.3 is 9.73 Å². The summed E-state index contributed by atoms with van der Waals surface area (Å²) in [6.45, 7) is 4.89. The first-order valence-corrected chi connectivity index (χ1v) is 14.6. The Balaban J connectivity index is 1.30. The van der Waals surface area contributed by atoms with Gasteiger partial charge in [-0.25, -0.2) is 8.78 Å². The second-order valence-corrected chi connectivity index (χ2v) is 12.9. The van der Waals surface area contributed by atoms with Crippen molar-refractivity contribution in [3.8, 4) is 0 Å². The van der Waals surface area contributed by atoms with Crippen molar-refractivity contribution in [1.29, 1.82) is 5.41 Å². The van der Waals surface area contributed by atoms with Crippen LogP contribution >= 0.6 is 0 Å². The number of nitrogens with zero attached hydrogens (tertiary/aromatic N) is 1. The molecule has 1 heterocycles. The van der Waals surface area contributed by atoms with Crippen LogP contribution in [0.5, 0.6) is 0 Å². The van der Waals surface area contributed by atoms with Gasteiger partial charge in [-0.3, -0.25) is 14.8 Å². The predicted molar refractivity (Wildman–Crippen MR) is 134 cm³/mol. The zero-order chi connectivity index (χ0) is 25.4. The van der Waals surface area contributed by atoms with E-state index in [1.54, 1.807) is 6.26 Å². The van der Waals surface area contributed by atoms with E-state index < -0.39 is 12.3 Å². The Morgan fingerprint density at radius 1 is 1.03 bits per heavy atom. The molecule has 0 aromatic carbocycles. The zero-order valence-electron chi connectivity index (χ0n) is 22.0. The molecular weight excluding hydrogens is 460 g/mol. The Morgan fingerprint density at radius 3 is 2.47 bits per heavy atom. The molecule has 0 radical (unpaired) electrons. The van der Waals surface area contributed by atoms with Gasteiger partial charge in [0.2, 0.25) is 5.91 Å². The maximum Gasteiger partial charge on any atom is 0.293 e. The number of rotatable bonds is 7. The summed E-state index contributed by atoms with van der Waals surface area (Å²) in [7, 11) is 0. The average molecular weight is 506 g/mol. The van der Waals surface area contributed by atoms with Crippen LogP contribution in [0.4, 0.5) is 8.78 Å². The lowest BCUT2D eigenvalue weighted by atomic mass is 9.63. The van der Waals surface area contributed by atoms with Crippen LogP contribution in [-0.4, -0.2) is 28.9 Å². The van der Waals surface area contributed by atoms with E-state index in [1.807, 2.05) is 17.7 Å². The van der Waals surface area contributed by atoms with E-state index in [9.17, 15) is 13.6 Å². The lowest BCUT2D eigenvalue weighted by molar-refractivity contribution is -0.129. The molecule has 4 fully saturated rings. The number of hydrogen-bond acceptors (Lipinski definition) is 3. The first-order chi connectivity index (χ1) is 17.3. The molecular formula is C29H45F2N3O2. The van der Waals surface area contributed by atoms with Crippen LogP contribution in [0.3, 0.4) is 0 Å². The lowest BCUT2D eigenvalue weighted by Crippen LogP contribution is -2.48. The Hall–Kier alpha value is -1.66. The molecule has 5 nitrogen and oxygen atoms in total. The normalized spacial score (nSPS) is 40.5. The molecule has 1 aromatic heterocycles. The summed E-state index contributed by atoms with van der Waals surface area (Å²) in [5.74, 6) is 2.62. The second-order valence-electron chi connectivity index (χ2n) is 12.9. The van der Waals surface area contributed by atoms with Gasteiger partial charge in [0.25, 0.3) is 5.68 Å². The minimum Gasteiger partial charge on any atom is -0.432 e. The zero-order valence-corrected chi connectivity index (χ0v) is 22.0. The number of halogens is 2. The highest BCUT2D eigenvalue weighted by atomic mass is 19.1. The fraction of sp³-hybridized carbons (Fsp3) is 0.862. The summed E-state index contributed by atoms with van der Waals surface area (Å²) >= 11 is 0. The van der Waals surface area contributed by atoms with Gasteiger partial charge in [0, 0.05) is 24.7 Å². The summed E-state index contributed by atoms with van der Waals surface area (Å²) in [5, 5.41) is 11.5. The van der Waals surface area contributed by atoms with Crippen molar-refractivity contribution in [2.24, 2.45) is 47.3 Å². The van der Waals surface area contributed by atoms with Crippen LogP contribution in [0.1, 0.15) is 84.5 Å². The number of nitrogens with one attached hydrogen (secondary N) is 2. The van der Waals surface area contributed by atoms with Crippen molar-refractivity contribution in [1.82, 2.24) is 9.88 Å². The van der Waals surface area contributed by atoms with E-state index in [2.05, 4.69) is 12.2 Å². The molecule has 9 unspecified atom stereocenters. The number of aromatic nitrogens is 1. The van der Waals surface area contributed by atoms with Crippen molar-refractivity contribution < 1.29 is 18.0 Å². The largest absolute Gasteiger partial charge is 0.432 e. The Morgan fingerprint density at radius 2 is 1.81 bits per heavy atom. The highest BCUT2D eigenvalue weighted by Gasteiger charge is 2.44. The quantitative estimate of drug-likeness (QED) is 0.475. The molecule has 4 aliphatic carbocycles. The third kappa shape index (κ3) is 5.91. The molecule has 0 bridgehead atoms. The fourth-order valence-corrected chi connectivity index (χ4v) is 8.06. The first kappa shape index (κ1) is 26.0. The fourth-order valence-electron chi connectivity index (χ4n) is 8.06. The molecule has 36 heavy (non-hydrogen) atoms. The topological polar surface area (TPSA) is 71.0 Å². The minimum atomic E-state index is -0.708. The highest BCUT2D eigenvalue weighted by Crippen LogP contribution is 2.47. The second kappa shape index (κ2) is 11.0. The van der Waals surface area contributed by atoms with E-state index >= 15 is 0 Å². The number of alkyl halides is 2. The van der Waals surface area contributed by atoms with Crippen LogP contribution in [0.15, 0.2) is 16.9 Å². The van der Waals surface area contributed by atoms with Crippen LogP contribution in [0.25, 0.3) is 0 Å². The van der Waals surface area contributed by atoms with E-state index in [-0.39, 0.29) is 29.5 Å². The van der Waals surface area contributed by atoms with Crippen molar-refractivity contribution in [2.45, 2.75) is 109 Å². The summed E-state index contributed by atoms with van der Waals surface area (Å²) < 4.78 is 35.3.